The highest BCUT2D eigenvalue weighted by Crippen LogP contribution is 2.26. The van der Waals surface area contributed by atoms with E-state index in [2.05, 4.69) is 38.9 Å². The SMILES string of the molecule is Cl.c1cc2c(cc1-c1cn[nH]n1)CCN2. The third-order valence-corrected chi connectivity index (χ3v) is 2.53. The number of halogens is 1. The molecule has 2 N–H and O–H groups in total. The zero-order valence-electron chi connectivity index (χ0n) is 8.03. The third kappa shape index (κ3) is 1.68. The summed E-state index contributed by atoms with van der Waals surface area (Å²) in [6, 6.07) is 6.34. The van der Waals surface area contributed by atoms with Crippen LogP contribution >= 0.6 is 12.4 Å². The molecule has 4 nitrogen and oxygen atoms in total. The number of hydrogen-bond acceptors (Lipinski definition) is 3. The van der Waals surface area contributed by atoms with Crippen LogP contribution in [-0.2, 0) is 6.42 Å². The molecule has 15 heavy (non-hydrogen) atoms. The Morgan fingerprint density at radius 1 is 1.27 bits per heavy atom. The number of fused-ring (bicyclic) bond motifs is 1. The summed E-state index contributed by atoms with van der Waals surface area (Å²) in [7, 11) is 0. The maximum absolute atomic E-state index is 4.06. The fourth-order valence-corrected chi connectivity index (χ4v) is 1.80. The minimum absolute atomic E-state index is 0. The fourth-order valence-electron chi connectivity index (χ4n) is 1.80. The molecular formula is C10H11ClN4. The van der Waals surface area contributed by atoms with E-state index in [1.165, 1.54) is 11.3 Å². The zero-order valence-corrected chi connectivity index (χ0v) is 8.84. The Bertz CT molecular complexity index is 452. The molecule has 2 aromatic rings. The molecule has 0 bridgehead atoms. The van der Waals surface area contributed by atoms with Crippen molar-refractivity contribution in [2.45, 2.75) is 6.42 Å². The van der Waals surface area contributed by atoms with Gasteiger partial charge in [0.25, 0.3) is 0 Å². The minimum Gasteiger partial charge on any atom is -0.384 e. The van der Waals surface area contributed by atoms with Gasteiger partial charge >= 0.3 is 0 Å². The number of hydrogen-bond donors (Lipinski definition) is 2. The Morgan fingerprint density at radius 2 is 2.20 bits per heavy atom. The Balaban J connectivity index is 0.000000853. The summed E-state index contributed by atoms with van der Waals surface area (Å²) in [5.41, 5.74) is 4.64. The maximum Gasteiger partial charge on any atom is 0.112 e. The van der Waals surface area contributed by atoms with Crippen LogP contribution in [0.1, 0.15) is 5.56 Å². The minimum atomic E-state index is 0. The number of nitrogens with zero attached hydrogens (tertiary/aromatic N) is 2. The van der Waals surface area contributed by atoms with E-state index in [9.17, 15) is 0 Å². The average Bonchev–Trinajstić information content (AvgIpc) is 2.88. The van der Waals surface area contributed by atoms with Crippen LogP contribution < -0.4 is 5.32 Å². The number of rotatable bonds is 1. The number of H-pyrrole nitrogens is 1. The summed E-state index contributed by atoms with van der Waals surface area (Å²) < 4.78 is 0. The fraction of sp³-hybridized carbons (Fsp3) is 0.200. The van der Waals surface area contributed by atoms with Crippen molar-refractivity contribution in [2.24, 2.45) is 0 Å². The van der Waals surface area contributed by atoms with Gasteiger partial charge in [-0.2, -0.15) is 15.4 Å². The van der Waals surface area contributed by atoms with Crippen LogP contribution in [0.3, 0.4) is 0 Å². The molecule has 0 radical (unpaired) electrons. The van der Waals surface area contributed by atoms with Crippen molar-refractivity contribution in [1.29, 1.82) is 0 Å². The van der Waals surface area contributed by atoms with Gasteiger partial charge in [0.2, 0.25) is 0 Å². The molecule has 0 amide bonds. The first kappa shape index (κ1) is 9.98. The van der Waals surface area contributed by atoms with Gasteiger partial charge in [0.1, 0.15) is 5.69 Å². The maximum atomic E-state index is 4.06. The van der Waals surface area contributed by atoms with E-state index < -0.39 is 0 Å². The van der Waals surface area contributed by atoms with E-state index in [1.807, 2.05) is 0 Å². The lowest BCUT2D eigenvalue weighted by molar-refractivity contribution is 0.942. The van der Waals surface area contributed by atoms with Gasteiger partial charge in [-0.05, 0) is 24.1 Å². The lowest BCUT2D eigenvalue weighted by Gasteiger charge is -2.01. The van der Waals surface area contributed by atoms with Crippen molar-refractivity contribution in [3.05, 3.63) is 30.0 Å². The molecule has 0 saturated carbocycles. The summed E-state index contributed by atoms with van der Waals surface area (Å²) in [4.78, 5) is 0. The topological polar surface area (TPSA) is 53.6 Å². The molecular weight excluding hydrogens is 212 g/mol. The molecule has 0 atom stereocenters. The molecule has 1 aliphatic rings. The van der Waals surface area contributed by atoms with Crippen LogP contribution in [0.4, 0.5) is 5.69 Å². The van der Waals surface area contributed by atoms with Gasteiger partial charge in [-0.3, -0.25) is 0 Å². The normalized spacial score (nSPS) is 12.8. The van der Waals surface area contributed by atoms with Gasteiger partial charge in [-0.15, -0.1) is 12.4 Å². The van der Waals surface area contributed by atoms with Crippen molar-refractivity contribution < 1.29 is 0 Å². The number of aromatic nitrogens is 3. The van der Waals surface area contributed by atoms with E-state index in [0.717, 1.165) is 24.2 Å². The molecule has 5 heteroatoms. The van der Waals surface area contributed by atoms with Gasteiger partial charge in [0.05, 0.1) is 6.20 Å². The van der Waals surface area contributed by atoms with Crippen molar-refractivity contribution >= 4 is 18.1 Å². The van der Waals surface area contributed by atoms with Crippen LogP contribution in [0.15, 0.2) is 24.4 Å². The summed E-state index contributed by atoms with van der Waals surface area (Å²) >= 11 is 0. The molecule has 0 aliphatic carbocycles. The molecule has 0 spiro atoms. The molecule has 2 heterocycles. The summed E-state index contributed by atoms with van der Waals surface area (Å²) in [6.07, 6.45) is 2.84. The van der Waals surface area contributed by atoms with Crippen molar-refractivity contribution in [3.8, 4) is 11.3 Å². The third-order valence-electron chi connectivity index (χ3n) is 2.53. The predicted octanol–water partition coefficient (Wildman–Crippen LogP) is 1.86. The standard InChI is InChI=1S/C10H10N4.ClH/c1-2-9-8(3-4-11-9)5-7(1)10-6-12-14-13-10;/h1-2,5-6,11H,3-4H2,(H,12,13,14);1H. The second-order valence-corrected chi connectivity index (χ2v) is 3.40. The zero-order chi connectivity index (χ0) is 9.38. The van der Waals surface area contributed by atoms with Gasteiger partial charge in [-0.1, -0.05) is 6.07 Å². The van der Waals surface area contributed by atoms with Crippen LogP contribution in [0.25, 0.3) is 11.3 Å². The lowest BCUT2D eigenvalue weighted by atomic mass is 10.1. The second kappa shape index (κ2) is 3.90. The van der Waals surface area contributed by atoms with E-state index in [0.29, 0.717) is 0 Å². The molecule has 78 valence electrons. The summed E-state index contributed by atoms with van der Waals surface area (Å²) in [5.74, 6) is 0. The van der Waals surface area contributed by atoms with Crippen molar-refractivity contribution in [1.82, 2.24) is 15.4 Å². The Hall–Kier alpha value is -1.55. The van der Waals surface area contributed by atoms with E-state index >= 15 is 0 Å². The van der Waals surface area contributed by atoms with Crippen LogP contribution in [0.2, 0.25) is 0 Å². The van der Waals surface area contributed by atoms with Gasteiger partial charge in [0.15, 0.2) is 0 Å². The summed E-state index contributed by atoms with van der Waals surface area (Å²) in [5, 5.41) is 13.8. The van der Waals surface area contributed by atoms with Crippen molar-refractivity contribution in [2.75, 3.05) is 11.9 Å². The smallest absolute Gasteiger partial charge is 0.112 e. The van der Waals surface area contributed by atoms with Crippen LogP contribution in [-0.4, -0.2) is 22.0 Å². The largest absolute Gasteiger partial charge is 0.384 e. The monoisotopic (exact) mass is 222 g/mol. The number of nitrogens with one attached hydrogen (secondary N) is 2. The Morgan fingerprint density at radius 3 is 3.00 bits per heavy atom. The molecule has 1 aromatic carbocycles. The predicted molar refractivity (Wildman–Crippen MR) is 61.3 cm³/mol. The number of anilines is 1. The first-order valence-corrected chi connectivity index (χ1v) is 4.66. The van der Waals surface area contributed by atoms with Crippen LogP contribution in [0, 0.1) is 0 Å². The van der Waals surface area contributed by atoms with E-state index in [4.69, 9.17) is 0 Å². The molecule has 0 saturated heterocycles. The van der Waals surface area contributed by atoms with E-state index in [1.54, 1.807) is 6.20 Å². The van der Waals surface area contributed by atoms with Crippen LogP contribution in [0.5, 0.6) is 0 Å². The lowest BCUT2D eigenvalue weighted by Crippen LogP contribution is -1.90. The second-order valence-electron chi connectivity index (χ2n) is 3.40. The number of benzene rings is 1. The van der Waals surface area contributed by atoms with Gasteiger partial charge < -0.3 is 5.32 Å². The molecule has 0 unspecified atom stereocenters. The highest BCUT2D eigenvalue weighted by atomic mass is 35.5. The average molecular weight is 223 g/mol. The first-order chi connectivity index (χ1) is 6.93. The molecule has 1 aromatic heterocycles. The highest BCUT2D eigenvalue weighted by molar-refractivity contribution is 5.85. The molecule has 1 aliphatic heterocycles. The summed E-state index contributed by atoms with van der Waals surface area (Å²) in [6.45, 7) is 1.04. The quantitative estimate of drug-likeness (QED) is 0.775. The Labute approximate surface area is 93.5 Å². The molecule has 3 rings (SSSR count). The first-order valence-electron chi connectivity index (χ1n) is 4.66. The van der Waals surface area contributed by atoms with E-state index in [-0.39, 0.29) is 12.4 Å². The Kier molecular flexibility index (Phi) is 2.60. The molecule has 0 fully saturated rings. The van der Waals surface area contributed by atoms with Gasteiger partial charge in [0, 0.05) is 17.8 Å². The highest BCUT2D eigenvalue weighted by Gasteiger charge is 2.11. The number of aromatic amines is 1. The van der Waals surface area contributed by atoms with Crippen molar-refractivity contribution in [3.63, 3.8) is 0 Å². The van der Waals surface area contributed by atoms with Gasteiger partial charge in [-0.25, -0.2) is 0 Å².